The molecule has 0 saturated heterocycles. The predicted octanol–water partition coefficient (Wildman–Crippen LogP) is 5.93. The van der Waals surface area contributed by atoms with E-state index >= 15 is 0 Å². The molecule has 0 fully saturated rings. The van der Waals surface area contributed by atoms with Crippen LogP contribution in [0.1, 0.15) is 41.6 Å². The number of aliphatic imine (C=N–C) groups is 1. The van der Waals surface area contributed by atoms with Gasteiger partial charge >= 0.3 is 0 Å². The summed E-state index contributed by atoms with van der Waals surface area (Å²) in [6, 6.07) is 29.3. The first kappa shape index (κ1) is 16.9. The summed E-state index contributed by atoms with van der Waals surface area (Å²) in [6.45, 7) is 2.17. The smallest absolute Gasteiger partial charge is 0.105 e. The molecule has 0 bridgehead atoms. The molecule has 26 heavy (non-hydrogen) atoms. The van der Waals surface area contributed by atoms with Crippen LogP contribution in [0.5, 0.6) is 0 Å². The van der Waals surface area contributed by atoms with Crippen molar-refractivity contribution in [3.8, 4) is 0 Å². The number of hydrogen-bond donors (Lipinski definition) is 1. The summed E-state index contributed by atoms with van der Waals surface area (Å²) in [5.74, 6) is 1.17. The highest BCUT2D eigenvalue weighted by molar-refractivity contribution is 6.30. The van der Waals surface area contributed by atoms with E-state index in [2.05, 4.69) is 66.8 Å². The third kappa shape index (κ3) is 3.38. The van der Waals surface area contributed by atoms with Gasteiger partial charge in [0.1, 0.15) is 11.9 Å². The second kappa shape index (κ2) is 7.35. The fraction of sp³-hybridized carbons (Fsp3) is 0.174. The average Bonchev–Trinajstić information content (AvgIpc) is 3.14. The fourth-order valence-electron chi connectivity index (χ4n) is 3.51. The van der Waals surface area contributed by atoms with Crippen molar-refractivity contribution in [1.29, 1.82) is 0 Å². The Labute approximate surface area is 159 Å². The Morgan fingerprint density at radius 1 is 0.846 bits per heavy atom. The van der Waals surface area contributed by atoms with Crippen LogP contribution in [-0.4, -0.2) is 5.84 Å². The van der Waals surface area contributed by atoms with Crippen LogP contribution in [0.25, 0.3) is 0 Å². The Balaban J connectivity index is 1.70. The lowest BCUT2D eigenvalue weighted by molar-refractivity contribution is 0.571. The summed E-state index contributed by atoms with van der Waals surface area (Å²) in [5.41, 5.74) is 3.64. The monoisotopic (exact) mass is 360 g/mol. The summed E-state index contributed by atoms with van der Waals surface area (Å²) in [5, 5.41) is 4.44. The van der Waals surface area contributed by atoms with Crippen LogP contribution < -0.4 is 5.32 Å². The molecule has 130 valence electrons. The van der Waals surface area contributed by atoms with Gasteiger partial charge in [-0.3, -0.25) is 4.99 Å². The van der Waals surface area contributed by atoms with E-state index in [-0.39, 0.29) is 18.0 Å². The summed E-state index contributed by atoms with van der Waals surface area (Å²) < 4.78 is 0. The zero-order valence-electron chi connectivity index (χ0n) is 14.6. The zero-order chi connectivity index (χ0) is 17.9. The molecule has 3 heteroatoms. The fourth-order valence-corrected chi connectivity index (χ4v) is 3.71. The minimum Gasteiger partial charge on any atom is -0.364 e. The van der Waals surface area contributed by atoms with E-state index in [0.717, 1.165) is 10.9 Å². The first-order valence-electron chi connectivity index (χ1n) is 8.92. The molecule has 4 rings (SSSR count). The van der Waals surface area contributed by atoms with Gasteiger partial charge in [0, 0.05) is 10.9 Å². The van der Waals surface area contributed by atoms with Gasteiger partial charge in [-0.15, -0.1) is 0 Å². The number of hydrogen-bond acceptors (Lipinski definition) is 2. The van der Waals surface area contributed by atoms with Crippen molar-refractivity contribution < 1.29 is 0 Å². The van der Waals surface area contributed by atoms with E-state index in [1.807, 2.05) is 30.3 Å². The van der Waals surface area contributed by atoms with Crippen molar-refractivity contribution in [3.63, 3.8) is 0 Å². The van der Waals surface area contributed by atoms with Crippen LogP contribution in [0.2, 0.25) is 5.02 Å². The van der Waals surface area contributed by atoms with Gasteiger partial charge in [0.15, 0.2) is 0 Å². The largest absolute Gasteiger partial charge is 0.364 e. The van der Waals surface area contributed by atoms with Crippen molar-refractivity contribution >= 4 is 17.4 Å². The van der Waals surface area contributed by atoms with E-state index in [4.69, 9.17) is 16.6 Å². The maximum atomic E-state index is 6.18. The van der Waals surface area contributed by atoms with E-state index in [0.29, 0.717) is 0 Å². The molecule has 1 aliphatic rings. The molecule has 3 unspecified atom stereocenters. The average molecular weight is 361 g/mol. The Hall–Kier alpha value is -2.58. The third-order valence-corrected chi connectivity index (χ3v) is 5.19. The molecule has 0 saturated carbocycles. The second-order valence-corrected chi connectivity index (χ2v) is 7.12. The van der Waals surface area contributed by atoms with Crippen molar-refractivity contribution in [2.24, 2.45) is 4.99 Å². The quantitative estimate of drug-likeness (QED) is 0.612. The molecule has 1 N–H and O–H groups in total. The lowest BCUT2D eigenvalue weighted by Crippen LogP contribution is -2.27. The van der Waals surface area contributed by atoms with Gasteiger partial charge in [0.25, 0.3) is 0 Å². The first-order chi connectivity index (χ1) is 12.7. The van der Waals surface area contributed by atoms with Crippen LogP contribution in [0.4, 0.5) is 0 Å². The summed E-state index contributed by atoms with van der Waals surface area (Å²) in [6.07, 6.45) is 0. The Bertz CT molecular complexity index is 906. The molecule has 1 heterocycles. The second-order valence-electron chi connectivity index (χ2n) is 6.68. The molecular weight excluding hydrogens is 340 g/mol. The number of benzene rings is 3. The zero-order valence-corrected chi connectivity index (χ0v) is 15.4. The highest BCUT2D eigenvalue weighted by Gasteiger charge is 2.33. The van der Waals surface area contributed by atoms with Crippen LogP contribution in [-0.2, 0) is 0 Å². The van der Waals surface area contributed by atoms with Crippen LogP contribution in [0.3, 0.4) is 0 Å². The lowest BCUT2D eigenvalue weighted by atomic mass is 9.95. The van der Waals surface area contributed by atoms with E-state index in [1.54, 1.807) is 0 Å². The highest BCUT2D eigenvalue weighted by Crippen LogP contribution is 2.38. The van der Waals surface area contributed by atoms with E-state index in [9.17, 15) is 0 Å². The first-order valence-corrected chi connectivity index (χ1v) is 9.30. The van der Waals surface area contributed by atoms with Gasteiger partial charge in [-0.25, -0.2) is 0 Å². The molecule has 3 aromatic rings. The minimum atomic E-state index is 0.0650. The maximum Gasteiger partial charge on any atom is 0.105 e. The Morgan fingerprint density at radius 3 is 2.15 bits per heavy atom. The molecule has 0 spiro atoms. The topological polar surface area (TPSA) is 24.4 Å². The van der Waals surface area contributed by atoms with Gasteiger partial charge in [-0.1, -0.05) is 91.3 Å². The SMILES string of the molecule is CC(C1=NC(c2ccccc2)C(c2ccccc2)N1)c1cccc(Cl)c1. The number of rotatable bonds is 4. The summed E-state index contributed by atoms with van der Waals surface area (Å²) in [4.78, 5) is 5.08. The van der Waals surface area contributed by atoms with Crippen LogP contribution in [0.15, 0.2) is 89.9 Å². The van der Waals surface area contributed by atoms with Gasteiger partial charge in [0.05, 0.1) is 6.04 Å². The predicted molar refractivity (Wildman–Crippen MR) is 109 cm³/mol. The number of nitrogens with zero attached hydrogens (tertiary/aromatic N) is 1. The van der Waals surface area contributed by atoms with Gasteiger partial charge in [0.2, 0.25) is 0 Å². The minimum absolute atomic E-state index is 0.0650. The van der Waals surface area contributed by atoms with Crippen LogP contribution >= 0.6 is 11.6 Å². The molecule has 2 nitrogen and oxygen atoms in total. The summed E-state index contributed by atoms with van der Waals surface area (Å²) in [7, 11) is 0. The summed E-state index contributed by atoms with van der Waals surface area (Å²) >= 11 is 6.18. The van der Waals surface area contributed by atoms with Crippen LogP contribution in [0, 0.1) is 0 Å². The maximum absolute atomic E-state index is 6.18. The third-order valence-electron chi connectivity index (χ3n) is 4.96. The van der Waals surface area contributed by atoms with Crippen molar-refractivity contribution in [3.05, 3.63) is 107 Å². The molecule has 0 amide bonds. The highest BCUT2D eigenvalue weighted by atomic mass is 35.5. The molecule has 1 aliphatic heterocycles. The van der Waals surface area contributed by atoms with E-state index in [1.165, 1.54) is 16.7 Å². The standard InChI is InChI=1S/C23H21ClN2/c1-16(19-13-8-14-20(24)15-19)23-25-21(17-9-4-2-5-10-17)22(26-23)18-11-6-3-7-12-18/h2-16,21-22H,1H3,(H,25,26). The molecule has 0 radical (unpaired) electrons. The molecule has 3 atom stereocenters. The molecular formula is C23H21ClN2. The molecule has 0 aromatic heterocycles. The Morgan fingerprint density at radius 2 is 1.50 bits per heavy atom. The normalized spacial score (nSPS) is 20.3. The van der Waals surface area contributed by atoms with Gasteiger partial charge in [-0.2, -0.15) is 0 Å². The molecule has 0 aliphatic carbocycles. The molecule has 3 aromatic carbocycles. The van der Waals surface area contributed by atoms with Crippen molar-refractivity contribution in [1.82, 2.24) is 5.32 Å². The van der Waals surface area contributed by atoms with Crippen molar-refractivity contribution in [2.45, 2.75) is 24.9 Å². The number of halogens is 1. The lowest BCUT2D eigenvalue weighted by Gasteiger charge is -2.20. The Kier molecular flexibility index (Phi) is 4.77. The van der Waals surface area contributed by atoms with Crippen molar-refractivity contribution in [2.75, 3.05) is 0 Å². The number of nitrogens with one attached hydrogen (secondary N) is 1. The van der Waals surface area contributed by atoms with Gasteiger partial charge < -0.3 is 5.32 Å². The van der Waals surface area contributed by atoms with Gasteiger partial charge in [-0.05, 0) is 28.8 Å². The number of amidine groups is 1. The van der Waals surface area contributed by atoms with E-state index < -0.39 is 0 Å².